The van der Waals surface area contributed by atoms with Crippen molar-refractivity contribution in [3.8, 4) is 0 Å². The summed E-state index contributed by atoms with van der Waals surface area (Å²) in [6.07, 6.45) is -4.99. The highest BCUT2D eigenvalue weighted by Gasteiger charge is 2.52. The van der Waals surface area contributed by atoms with Crippen LogP contribution in [0.5, 0.6) is 0 Å². The van der Waals surface area contributed by atoms with Crippen LogP contribution in [0.2, 0.25) is 0 Å². The molecule has 2 fully saturated rings. The third kappa shape index (κ3) is 9.78. The number of carbonyl (C=O) groups excluding carboxylic acids is 2. The maximum atomic E-state index is 14.1. The number of hydrogen-bond donors (Lipinski definition) is 3. The molecule has 2 unspecified atom stereocenters. The van der Waals surface area contributed by atoms with E-state index in [1.165, 1.54) is 27.2 Å². The topological polar surface area (TPSA) is 163 Å². The standard InChI is InChI=1S/C38H67NO12/c1-15-27-36(8,44)17-20(2)29(40)21(3)18-38(10,46-14)33(51-35-30(41)26(39(11)12)16-22(4)47-35)23(5)31(24(6)34(43)49-27)50-28-19-37(9,45-13)32(42)25(7)48-28/h17,21-28,30-33,35,41-42,44H,15-16,18-19H2,1-14H3/b20-17-/t21-,22-,23+,24-,25+,26+,27-,28?,30-,31+,32+,33-,35?,36+,37-,38-/m1/s1. The fourth-order valence-electron chi connectivity index (χ4n) is 8.27. The monoisotopic (exact) mass is 729 g/mol. The van der Waals surface area contributed by atoms with E-state index < -0.39 is 89.7 Å². The molecule has 0 aliphatic carbocycles. The van der Waals surface area contributed by atoms with E-state index in [1.54, 1.807) is 41.5 Å². The molecule has 16 atom stereocenters. The SMILES string of the molecule is CC[C@H]1OC(=O)[C@H](C)[C@@H](OC2C[C@@](C)(OC)[C@@H](O)[C@H](C)O2)[C@H](C)[C@@H](OC2O[C@H](C)C[C@H](N(C)C)[C@H]2O)[C@](C)(OC)C[C@@H](C)C(=O)/C(C)=C\[C@]1(C)O. The number of nitrogens with zero attached hydrogens (tertiary/aromatic N) is 1. The highest BCUT2D eigenvalue weighted by atomic mass is 16.7. The van der Waals surface area contributed by atoms with Crippen molar-refractivity contribution in [2.75, 3.05) is 28.3 Å². The lowest BCUT2D eigenvalue weighted by molar-refractivity contribution is -0.319. The van der Waals surface area contributed by atoms with Gasteiger partial charge < -0.3 is 53.4 Å². The maximum absolute atomic E-state index is 14.1. The second-order valence-corrected chi connectivity index (χ2v) is 16.2. The van der Waals surface area contributed by atoms with E-state index >= 15 is 0 Å². The Balaban J connectivity index is 2.22. The van der Waals surface area contributed by atoms with Gasteiger partial charge in [-0.1, -0.05) is 20.8 Å². The van der Waals surface area contributed by atoms with Crippen molar-refractivity contribution in [2.45, 2.75) is 173 Å². The minimum Gasteiger partial charge on any atom is -0.459 e. The molecule has 13 heteroatoms. The maximum Gasteiger partial charge on any atom is 0.311 e. The van der Waals surface area contributed by atoms with Crippen LogP contribution in [0.15, 0.2) is 11.6 Å². The fourth-order valence-corrected chi connectivity index (χ4v) is 8.27. The Hall–Kier alpha value is -1.52. The van der Waals surface area contributed by atoms with Crippen LogP contribution in [0, 0.1) is 17.8 Å². The van der Waals surface area contributed by atoms with Crippen molar-refractivity contribution in [3.63, 3.8) is 0 Å². The number of ketones is 1. The minimum absolute atomic E-state index is 0.154. The summed E-state index contributed by atoms with van der Waals surface area (Å²) in [4.78, 5) is 29.9. The number of Topliss-reactive ketones (excluding diaryl/α,β-unsaturated/α-hetero) is 1. The van der Waals surface area contributed by atoms with Gasteiger partial charge in [-0.15, -0.1) is 0 Å². The van der Waals surface area contributed by atoms with E-state index in [9.17, 15) is 24.9 Å². The molecule has 296 valence electrons. The smallest absolute Gasteiger partial charge is 0.311 e. The number of ether oxygens (including phenoxy) is 7. The van der Waals surface area contributed by atoms with Crippen LogP contribution >= 0.6 is 0 Å². The molecule has 0 bridgehead atoms. The second kappa shape index (κ2) is 17.3. The van der Waals surface area contributed by atoms with Gasteiger partial charge in [-0.25, -0.2) is 0 Å². The van der Waals surface area contributed by atoms with Gasteiger partial charge >= 0.3 is 5.97 Å². The Kier molecular flexibility index (Phi) is 14.9. The van der Waals surface area contributed by atoms with Gasteiger partial charge in [0.1, 0.15) is 23.9 Å². The number of carbonyl (C=O) groups is 2. The molecule has 3 aliphatic rings. The summed E-state index contributed by atoms with van der Waals surface area (Å²) in [5.74, 6) is -3.03. The highest BCUT2D eigenvalue weighted by Crippen LogP contribution is 2.41. The molecule has 3 N–H and O–H groups in total. The summed E-state index contributed by atoms with van der Waals surface area (Å²) in [5, 5.41) is 34.0. The zero-order chi connectivity index (χ0) is 38.8. The highest BCUT2D eigenvalue weighted by molar-refractivity contribution is 5.96. The Morgan fingerprint density at radius 2 is 1.55 bits per heavy atom. The van der Waals surface area contributed by atoms with E-state index in [4.69, 9.17) is 33.2 Å². The summed E-state index contributed by atoms with van der Waals surface area (Å²) in [7, 11) is 6.84. The van der Waals surface area contributed by atoms with Crippen LogP contribution in [0.3, 0.4) is 0 Å². The molecule has 3 rings (SSSR count). The number of rotatable bonds is 8. The van der Waals surface area contributed by atoms with Crippen LogP contribution in [0.4, 0.5) is 0 Å². The van der Waals surface area contributed by atoms with E-state index in [0.29, 0.717) is 12.0 Å². The van der Waals surface area contributed by atoms with Gasteiger partial charge in [0.15, 0.2) is 18.4 Å². The van der Waals surface area contributed by atoms with Gasteiger partial charge in [-0.2, -0.15) is 0 Å². The molecule has 0 radical (unpaired) electrons. The second-order valence-electron chi connectivity index (χ2n) is 16.2. The van der Waals surface area contributed by atoms with Gasteiger partial charge in [0.2, 0.25) is 0 Å². The first-order valence-electron chi connectivity index (χ1n) is 18.5. The van der Waals surface area contributed by atoms with Crippen molar-refractivity contribution in [1.29, 1.82) is 0 Å². The van der Waals surface area contributed by atoms with Crippen molar-refractivity contribution in [3.05, 3.63) is 11.6 Å². The first kappa shape index (κ1) is 43.9. The number of cyclic esters (lactones) is 1. The number of hydrogen-bond acceptors (Lipinski definition) is 13. The van der Waals surface area contributed by atoms with Crippen LogP contribution < -0.4 is 0 Å². The Labute approximate surface area is 305 Å². The molecule has 0 aromatic carbocycles. The van der Waals surface area contributed by atoms with Gasteiger partial charge in [-0.05, 0) is 93.5 Å². The number of likely N-dealkylation sites (N-methyl/N-ethyl adjacent to an activating group) is 1. The Bertz CT molecular complexity index is 1210. The molecule has 0 saturated carbocycles. The van der Waals surface area contributed by atoms with Gasteiger partial charge in [0, 0.05) is 38.5 Å². The van der Waals surface area contributed by atoms with Gasteiger partial charge in [0.25, 0.3) is 0 Å². The Morgan fingerprint density at radius 1 is 0.941 bits per heavy atom. The summed E-state index contributed by atoms with van der Waals surface area (Å²) in [6, 6.07) is -0.260. The molecule has 3 heterocycles. The van der Waals surface area contributed by atoms with Crippen LogP contribution in [-0.4, -0.2) is 138 Å². The van der Waals surface area contributed by atoms with E-state index in [0.717, 1.165) is 0 Å². The molecule has 0 spiro atoms. The average Bonchev–Trinajstić information content (AvgIpc) is 3.06. The number of esters is 1. The van der Waals surface area contributed by atoms with E-state index in [-0.39, 0.29) is 37.2 Å². The summed E-state index contributed by atoms with van der Waals surface area (Å²) in [6.45, 7) is 17.6. The predicted molar refractivity (Wildman–Crippen MR) is 190 cm³/mol. The van der Waals surface area contributed by atoms with Gasteiger partial charge in [-0.3, -0.25) is 9.59 Å². The largest absolute Gasteiger partial charge is 0.459 e. The molecule has 0 aromatic heterocycles. The first-order valence-corrected chi connectivity index (χ1v) is 18.5. The zero-order valence-electron chi connectivity index (χ0n) is 33.4. The molecule has 3 aliphatic heterocycles. The number of methoxy groups -OCH3 is 2. The molecule has 13 nitrogen and oxygen atoms in total. The molecule has 51 heavy (non-hydrogen) atoms. The normalized spacial score (nSPS) is 47.7. The lowest BCUT2D eigenvalue weighted by Crippen LogP contribution is -2.61. The number of allylic oxidation sites excluding steroid dienone is 1. The van der Waals surface area contributed by atoms with Crippen molar-refractivity contribution < 1.29 is 58.1 Å². The van der Waals surface area contributed by atoms with E-state index in [1.807, 2.05) is 39.8 Å². The number of aliphatic hydroxyl groups excluding tert-OH is 2. The van der Waals surface area contributed by atoms with Gasteiger partial charge in [0.05, 0.1) is 41.5 Å². The number of aliphatic hydroxyl groups is 3. The van der Waals surface area contributed by atoms with Crippen LogP contribution in [0.1, 0.15) is 94.9 Å². The quantitative estimate of drug-likeness (QED) is 0.312. The molecule has 0 aromatic rings. The van der Waals surface area contributed by atoms with E-state index in [2.05, 4.69) is 0 Å². The summed E-state index contributed by atoms with van der Waals surface area (Å²) >= 11 is 0. The van der Waals surface area contributed by atoms with Crippen molar-refractivity contribution in [2.24, 2.45) is 17.8 Å². The first-order chi connectivity index (χ1) is 23.5. The lowest BCUT2D eigenvalue weighted by atomic mass is 9.76. The zero-order valence-corrected chi connectivity index (χ0v) is 33.4. The molecule has 2 saturated heterocycles. The predicted octanol–water partition coefficient (Wildman–Crippen LogP) is 3.39. The molecular weight excluding hydrogens is 662 g/mol. The Morgan fingerprint density at radius 3 is 2.10 bits per heavy atom. The molecule has 0 amide bonds. The fraction of sp³-hybridized carbons (Fsp3) is 0.895. The summed E-state index contributed by atoms with van der Waals surface area (Å²) in [5.41, 5.74) is -3.50. The minimum atomic E-state index is -1.64. The van der Waals surface area contributed by atoms with Crippen molar-refractivity contribution in [1.82, 2.24) is 4.90 Å². The third-order valence-electron chi connectivity index (χ3n) is 11.6. The lowest BCUT2D eigenvalue weighted by Gasteiger charge is -2.49. The third-order valence-corrected chi connectivity index (χ3v) is 11.6. The van der Waals surface area contributed by atoms with Crippen molar-refractivity contribution >= 4 is 11.8 Å². The summed E-state index contributed by atoms with van der Waals surface area (Å²) < 4.78 is 44.0. The van der Waals surface area contributed by atoms with Crippen LogP contribution in [0.25, 0.3) is 0 Å². The average molecular weight is 730 g/mol. The van der Waals surface area contributed by atoms with Crippen LogP contribution in [-0.2, 0) is 42.7 Å². The molecular formula is C38H67NO12.